The highest BCUT2D eigenvalue weighted by Gasteiger charge is 2.28. The van der Waals surface area contributed by atoms with Gasteiger partial charge < -0.3 is 10.2 Å². The fourth-order valence-electron chi connectivity index (χ4n) is 4.05. The zero-order chi connectivity index (χ0) is 21.5. The largest absolute Gasteiger partial charge is 0.352 e. The van der Waals surface area contributed by atoms with Gasteiger partial charge in [-0.1, -0.05) is 44.2 Å². The molecule has 0 spiro atoms. The molecule has 2 heterocycles. The normalized spacial score (nSPS) is 14.7. The molecule has 3 rings (SSSR count). The van der Waals surface area contributed by atoms with Gasteiger partial charge in [-0.15, -0.1) is 0 Å². The van der Waals surface area contributed by atoms with E-state index < -0.39 is 0 Å². The van der Waals surface area contributed by atoms with Crippen LogP contribution in [0, 0.1) is 12.8 Å². The molecule has 160 valence electrons. The van der Waals surface area contributed by atoms with Crippen LogP contribution in [0.3, 0.4) is 0 Å². The smallest absolute Gasteiger partial charge is 0.253 e. The minimum atomic E-state index is -0.0498. The number of rotatable bonds is 7. The van der Waals surface area contributed by atoms with Crippen LogP contribution in [-0.2, 0) is 11.2 Å². The maximum Gasteiger partial charge on any atom is 0.253 e. The molecule has 1 aliphatic heterocycles. The number of amides is 2. The summed E-state index contributed by atoms with van der Waals surface area (Å²) in [4.78, 5) is 31.8. The van der Waals surface area contributed by atoms with Crippen molar-refractivity contribution in [3.63, 3.8) is 0 Å². The van der Waals surface area contributed by atoms with Crippen LogP contribution in [-0.4, -0.2) is 41.3 Å². The molecule has 0 bridgehead atoms. The molecule has 30 heavy (non-hydrogen) atoms. The second kappa shape index (κ2) is 10.4. The van der Waals surface area contributed by atoms with Crippen molar-refractivity contribution in [3.05, 3.63) is 65.0 Å². The van der Waals surface area contributed by atoms with Gasteiger partial charge in [-0.25, -0.2) is 0 Å². The molecule has 0 saturated carbocycles. The number of carbonyl (C=O) groups is 2. The molecule has 0 aliphatic carbocycles. The second-order valence-electron chi connectivity index (χ2n) is 8.48. The van der Waals surface area contributed by atoms with Gasteiger partial charge in [-0.2, -0.15) is 0 Å². The molecule has 1 aromatic carbocycles. The average molecular weight is 408 g/mol. The maximum atomic E-state index is 12.9. The van der Waals surface area contributed by atoms with E-state index in [1.807, 2.05) is 56.0 Å². The van der Waals surface area contributed by atoms with Gasteiger partial charge in [0, 0.05) is 37.2 Å². The molecule has 0 radical (unpaired) electrons. The Bertz CT molecular complexity index is 856. The Hall–Kier alpha value is -2.69. The molecular formula is C25H33N3O2. The minimum absolute atomic E-state index is 0.0240. The van der Waals surface area contributed by atoms with Crippen molar-refractivity contribution < 1.29 is 9.59 Å². The Morgan fingerprint density at radius 1 is 1.10 bits per heavy atom. The van der Waals surface area contributed by atoms with E-state index in [9.17, 15) is 9.59 Å². The molecule has 2 amide bonds. The molecule has 1 aromatic heterocycles. The van der Waals surface area contributed by atoms with Crippen LogP contribution in [0.2, 0.25) is 0 Å². The van der Waals surface area contributed by atoms with E-state index in [4.69, 9.17) is 4.98 Å². The topological polar surface area (TPSA) is 62.3 Å². The van der Waals surface area contributed by atoms with Crippen molar-refractivity contribution >= 4 is 11.8 Å². The molecule has 1 N–H and O–H groups in total. The molecule has 1 aliphatic rings. The van der Waals surface area contributed by atoms with Gasteiger partial charge in [-0.3, -0.25) is 14.6 Å². The lowest BCUT2D eigenvalue weighted by molar-refractivity contribution is -0.135. The summed E-state index contributed by atoms with van der Waals surface area (Å²) in [7, 11) is 0. The number of aromatic nitrogens is 1. The van der Waals surface area contributed by atoms with Crippen molar-refractivity contribution in [2.75, 3.05) is 19.6 Å². The first kappa shape index (κ1) is 22.0. The zero-order valence-corrected chi connectivity index (χ0v) is 18.4. The van der Waals surface area contributed by atoms with Gasteiger partial charge in [-0.05, 0) is 50.3 Å². The number of pyridine rings is 1. The van der Waals surface area contributed by atoms with Gasteiger partial charge in [0.05, 0.1) is 11.3 Å². The fourth-order valence-corrected chi connectivity index (χ4v) is 4.05. The van der Waals surface area contributed by atoms with E-state index in [1.54, 1.807) is 0 Å². The summed E-state index contributed by atoms with van der Waals surface area (Å²) in [5.41, 5.74) is 3.76. The van der Waals surface area contributed by atoms with Crippen LogP contribution in [0.1, 0.15) is 66.3 Å². The van der Waals surface area contributed by atoms with Crippen LogP contribution >= 0.6 is 0 Å². The van der Waals surface area contributed by atoms with Crippen LogP contribution in [0.5, 0.6) is 0 Å². The number of aryl methyl sites for hydroxylation is 2. The SMILES string of the molecule is Cc1ccc(C(=O)NCCCc2ccccc2)c(C2CCN(C(=O)C(C)C)CC2)n1. The molecule has 2 aromatic rings. The first-order chi connectivity index (χ1) is 14.5. The number of hydrogen-bond acceptors (Lipinski definition) is 3. The molecular weight excluding hydrogens is 374 g/mol. The summed E-state index contributed by atoms with van der Waals surface area (Å²) in [5.74, 6) is 0.398. The number of nitrogens with one attached hydrogen (secondary N) is 1. The van der Waals surface area contributed by atoms with E-state index >= 15 is 0 Å². The van der Waals surface area contributed by atoms with E-state index in [-0.39, 0.29) is 23.7 Å². The Labute approximate surface area is 179 Å². The molecule has 1 saturated heterocycles. The number of piperidine rings is 1. The maximum absolute atomic E-state index is 12.9. The lowest BCUT2D eigenvalue weighted by Crippen LogP contribution is -2.40. The van der Waals surface area contributed by atoms with Crippen LogP contribution < -0.4 is 5.32 Å². The van der Waals surface area contributed by atoms with Crippen LogP contribution in [0.4, 0.5) is 0 Å². The van der Waals surface area contributed by atoms with Crippen molar-refractivity contribution in [3.8, 4) is 0 Å². The third-order valence-corrected chi connectivity index (χ3v) is 5.77. The lowest BCUT2D eigenvalue weighted by atomic mass is 9.89. The van der Waals surface area contributed by atoms with E-state index in [1.165, 1.54) is 5.56 Å². The molecule has 0 unspecified atom stereocenters. The Balaban J connectivity index is 1.59. The highest BCUT2D eigenvalue weighted by molar-refractivity contribution is 5.95. The van der Waals surface area contributed by atoms with Crippen molar-refractivity contribution in [2.45, 2.75) is 52.4 Å². The number of hydrogen-bond donors (Lipinski definition) is 1. The van der Waals surface area contributed by atoms with Gasteiger partial charge >= 0.3 is 0 Å². The summed E-state index contributed by atoms with van der Waals surface area (Å²) in [6, 6.07) is 14.1. The molecule has 0 atom stereocenters. The Morgan fingerprint density at radius 2 is 1.80 bits per heavy atom. The van der Waals surface area contributed by atoms with Crippen molar-refractivity contribution in [2.24, 2.45) is 5.92 Å². The van der Waals surface area contributed by atoms with E-state index in [2.05, 4.69) is 17.4 Å². The van der Waals surface area contributed by atoms with E-state index in [0.717, 1.165) is 50.2 Å². The third kappa shape index (κ3) is 5.68. The summed E-state index contributed by atoms with van der Waals surface area (Å²) in [6.07, 6.45) is 3.55. The summed E-state index contributed by atoms with van der Waals surface area (Å²) < 4.78 is 0. The number of carbonyl (C=O) groups excluding carboxylic acids is 2. The standard InChI is InChI=1S/C25H33N3O2/c1-18(2)25(30)28-16-13-21(14-17-28)23-22(12-11-19(3)27-23)24(29)26-15-7-10-20-8-5-4-6-9-20/h4-6,8-9,11-12,18,21H,7,10,13-17H2,1-3H3,(H,26,29). The summed E-state index contributed by atoms with van der Waals surface area (Å²) in [6.45, 7) is 7.95. The van der Waals surface area contributed by atoms with Crippen LogP contribution in [0.15, 0.2) is 42.5 Å². The highest BCUT2D eigenvalue weighted by Crippen LogP contribution is 2.30. The summed E-state index contributed by atoms with van der Waals surface area (Å²) >= 11 is 0. The monoisotopic (exact) mass is 407 g/mol. The number of nitrogens with zero attached hydrogens (tertiary/aromatic N) is 2. The predicted molar refractivity (Wildman–Crippen MR) is 119 cm³/mol. The first-order valence-corrected chi connectivity index (χ1v) is 11.0. The molecule has 5 nitrogen and oxygen atoms in total. The second-order valence-corrected chi connectivity index (χ2v) is 8.48. The molecule has 5 heteroatoms. The Kier molecular flexibility index (Phi) is 7.61. The quantitative estimate of drug-likeness (QED) is 0.703. The highest BCUT2D eigenvalue weighted by atomic mass is 16.2. The first-order valence-electron chi connectivity index (χ1n) is 11.0. The average Bonchev–Trinajstić information content (AvgIpc) is 2.76. The zero-order valence-electron chi connectivity index (χ0n) is 18.4. The van der Waals surface area contributed by atoms with Gasteiger partial charge in [0.25, 0.3) is 5.91 Å². The van der Waals surface area contributed by atoms with Crippen LogP contribution in [0.25, 0.3) is 0 Å². The van der Waals surface area contributed by atoms with Gasteiger partial charge in [0.1, 0.15) is 0 Å². The molecule has 1 fully saturated rings. The lowest BCUT2D eigenvalue weighted by Gasteiger charge is -2.33. The van der Waals surface area contributed by atoms with Gasteiger partial charge in [0.2, 0.25) is 5.91 Å². The predicted octanol–water partition coefficient (Wildman–Crippen LogP) is 4.11. The fraction of sp³-hybridized carbons (Fsp3) is 0.480. The van der Waals surface area contributed by atoms with Gasteiger partial charge in [0.15, 0.2) is 0 Å². The minimum Gasteiger partial charge on any atom is -0.352 e. The summed E-state index contributed by atoms with van der Waals surface area (Å²) in [5, 5.41) is 3.07. The number of benzene rings is 1. The third-order valence-electron chi connectivity index (χ3n) is 5.77. The Morgan fingerprint density at radius 3 is 2.47 bits per heavy atom. The van der Waals surface area contributed by atoms with Crippen molar-refractivity contribution in [1.29, 1.82) is 0 Å². The van der Waals surface area contributed by atoms with E-state index in [0.29, 0.717) is 12.1 Å². The van der Waals surface area contributed by atoms with Crippen molar-refractivity contribution in [1.82, 2.24) is 15.2 Å². The number of likely N-dealkylation sites (tertiary alicyclic amines) is 1.